The Morgan fingerprint density at radius 2 is 2.09 bits per heavy atom. The topological polar surface area (TPSA) is 29.5 Å². The van der Waals surface area contributed by atoms with E-state index >= 15 is 0 Å². The molecule has 0 aromatic rings. The SMILES string of the molecule is CN(C(=O)S)C1CCOCC1. The minimum absolute atomic E-state index is 0.156. The zero-order valence-corrected chi connectivity index (χ0v) is 7.51. The molecule has 1 saturated heterocycles. The Bertz CT molecular complexity index is 145. The molecule has 0 aromatic carbocycles. The van der Waals surface area contributed by atoms with E-state index in [0.29, 0.717) is 6.04 Å². The number of thiol groups is 1. The summed E-state index contributed by atoms with van der Waals surface area (Å²) in [4.78, 5) is 12.5. The molecule has 0 spiro atoms. The van der Waals surface area contributed by atoms with Crippen molar-refractivity contribution in [3.63, 3.8) is 0 Å². The standard InChI is InChI=1S/C7H13NO2S/c1-8(7(9)11)6-2-4-10-5-3-6/h6H,2-5H2,1H3,(H,9,11). The summed E-state index contributed by atoms with van der Waals surface area (Å²) in [5, 5.41) is -0.156. The summed E-state index contributed by atoms with van der Waals surface area (Å²) >= 11 is 3.75. The molecule has 1 rings (SSSR count). The minimum atomic E-state index is -0.156. The van der Waals surface area contributed by atoms with E-state index in [1.165, 1.54) is 0 Å². The Hall–Kier alpha value is -0.220. The molecule has 0 N–H and O–H groups in total. The first-order valence-corrected chi connectivity index (χ1v) is 4.20. The van der Waals surface area contributed by atoms with Gasteiger partial charge in [0.1, 0.15) is 0 Å². The maximum absolute atomic E-state index is 10.8. The highest BCUT2D eigenvalue weighted by Gasteiger charge is 2.19. The van der Waals surface area contributed by atoms with Crippen LogP contribution in [0.5, 0.6) is 0 Å². The Kier molecular flexibility index (Phi) is 3.20. The van der Waals surface area contributed by atoms with Crippen LogP contribution in [0.15, 0.2) is 0 Å². The lowest BCUT2D eigenvalue weighted by Crippen LogP contribution is -2.38. The molecule has 0 bridgehead atoms. The van der Waals surface area contributed by atoms with E-state index in [2.05, 4.69) is 12.6 Å². The molecule has 1 fully saturated rings. The fourth-order valence-electron chi connectivity index (χ4n) is 1.23. The molecule has 64 valence electrons. The van der Waals surface area contributed by atoms with Crippen molar-refractivity contribution in [2.75, 3.05) is 20.3 Å². The zero-order chi connectivity index (χ0) is 8.27. The van der Waals surface area contributed by atoms with Gasteiger partial charge in [0.15, 0.2) is 0 Å². The Morgan fingerprint density at radius 3 is 2.55 bits per heavy atom. The number of nitrogens with zero attached hydrogens (tertiary/aromatic N) is 1. The van der Waals surface area contributed by atoms with Gasteiger partial charge in [0.2, 0.25) is 0 Å². The lowest BCUT2D eigenvalue weighted by molar-refractivity contribution is 0.0561. The third-order valence-corrected chi connectivity index (χ3v) is 2.36. The molecule has 0 atom stereocenters. The molecule has 11 heavy (non-hydrogen) atoms. The normalized spacial score (nSPS) is 19.8. The second-order valence-electron chi connectivity index (χ2n) is 2.74. The largest absolute Gasteiger partial charge is 0.381 e. The van der Waals surface area contributed by atoms with Gasteiger partial charge in [0.05, 0.1) is 0 Å². The van der Waals surface area contributed by atoms with Crippen molar-refractivity contribution in [1.29, 1.82) is 0 Å². The van der Waals surface area contributed by atoms with Crippen molar-refractivity contribution in [1.82, 2.24) is 4.90 Å². The molecule has 1 aliphatic heterocycles. The second-order valence-corrected chi connectivity index (χ2v) is 3.12. The molecule has 0 radical (unpaired) electrons. The Balaban J connectivity index is 2.38. The first kappa shape index (κ1) is 8.87. The summed E-state index contributed by atoms with van der Waals surface area (Å²) in [6.45, 7) is 1.52. The number of rotatable bonds is 1. The fourth-order valence-corrected chi connectivity index (χ4v) is 1.39. The van der Waals surface area contributed by atoms with Gasteiger partial charge in [0.25, 0.3) is 5.24 Å². The molecule has 1 amide bonds. The summed E-state index contributed by atoms with van der Waals surface area (Å²) in [6, 6.07) is 0.328. The number of carbonyl (C=O) groups excluding carboxylic acids is 1. The van der Waals surface area contributed by atoms with Crippen LogP contribution in [0.3, 0.4) is 0 Å². The molecule has 0 aliphatic carbocycles. The minimum Gasteiger partial charge on any atom is -0.381 e. The number of hydrogen-bond donors (Lipinski definition) is 1. The van der Waals surface area contributed by atoms with E-state index in [4.69, 9.17) is 4.74 Å². The van der Waals surface area contributed by atoms with Gasteiger partial charge in [-0.05, 0) is 12.8 Å². The molecule has 1 aliphatic rings. The van der Waals surface area contributed by atoms with Crippen LogP contribution in [-0.2, 0) is 4.74 Å². The van der Waals surface area contributed by atoms with Crippen molar-refractivity contribution >= 4 is 17.9 Å². The lowest BCUT2D eigenvalue weighted by Gasteiger charge is -2.29. The smallest absolute Gasteiger partial charge is 0.278 e. The van der Waals surface area contributed by atoms with Crippen LogP contribution in [0, 0.1) is 0 Å². The third kappa shape index (κ3) is 2.38. The van der Waals surface area contributed by atoms with Crippen LogP contribution in [-0.4, -0.2) is 36.4 Å². The highest BCUT2D eigenvalue weighted by molar-refractivity contribution is 7.96. The van der Waals surface area contributed by atoms with Gasteiger partial charge in [0, 0.05) is 26.3 Å². The zero-order valence-electron chi connectivity index (χ0n) is 6.62. The van der Waals surface area contributed by atoms with Crippen molar-refractivity contribution in [3.8, 4) is 0 Å². The third-order valence-electron chi connectivity index (χ3n) is 2.04. The van der Waals surface area contributed by atoms with Gasteiger partial charge in [-0.3, -0.25) is 4.79 Å². The maximum atomic E-state index is 10.8. The summed E-state index contributed by atoms with van der Waals surface area (Å²) in [7, 11) is 1.78. The first-order valence-electron chi connectivity index (χ1n) is 3.75. The van der Waals surface area contributed by atoms with Crippen LogP contribution in [0.1, 0.15) is 12.8 Å². The van der Waals surface area contributed by atoms with Gasteiger partial charge in [-0.15, -0.1) is 0 Å². The first-order chi connectivity index (χ1) is 5.22. The number of carbonyl (C=O) groups is 1. The van der Waals surface area contributed by atoms with Crippen molar-refractivity contribution in [2.24, 2.45) is 0 Å². The van der Waals surface area contributed by atoms with Gasteiger partial charge in [-0.25, -0.2) is 0 Å². The molecule has 3 nitrogen and oxygen atoms in total. The molecule has 4 heteroatoms. The van der Waals surface area contributed by atoms with Crippen molar-refractivity contribution in [2.45, 2.75) is 18.9 Å². The van der Waals surface area contributed by atoms with E-state index in [-0.39, 0.29) is 5.24 Å². The van der Waals surface area contributed by atoms with E-state index in [1.807, 2.05) is 0 Å². The summed E-state index contributed by atoms with van der Waals surface area (Å²) < 4.78 is 5.17. The van der Waals surface area contributed by atoms with Crippen LogP contribution in [0.2, 0.25) is 0 Å². The van der Waals surface area contributed by atoms with Gasteiger partial charge in [-0.2, -0.15) is 0 Å². The maximum Gasteiger partial charge on any atom is 0.278 e. The summed E-state index contributed by atoms with van der Waals surface area (Å²) in [5.41, 5.74) is 0. The summed E-state index contributed by atoms with van der Waals surface area (Å²) in [6.07, 6.45) is 1.87. The lowest BCUT2D eigenvalue weighted by atomic mass is 10.1. The molecule has 0 saturated carbocycles. The van der Waals surface area contributed by atoms with Crippen LogP contribution in [0.25, 0.3) is 0 Å². The van der Waals surface area contributed by atoms with Crippen LogP contribution in [0.4, 0.5) is 4.79 Å². The average Bonchev–Trinajstić information content (AvgIpc) is 2.05. The van der Waals surface area contributed by atoms with E-state index in [0.717, 1.165) is 26.1 Å². The van der Waals surface area contributed by atoms with Crippen molar-refractivity contribution in [3.05, 3.63) is 0 Å². The predicted octanol–water partition coefficient (Wildman–Crippen LogP) is 1.15. The fraction of sp³-hybridized carbons (Fsp3) is 0.857. The Labute approximate surface area is 72.1 Å². The van der Waals surface area contributed by atoms with Gasteiger partial charge in [-0.1, -0.05) is 12.6 Å². The highest BCUT2D eigenvalue weighted by Crippen LogP contribution is 2.13. The van der Waals surface area contributed by atoms with E-state index < -0.39 is 0 Å². The monoisotopic (exact) mass is 175 g/mol. The molecule has 0 aromatic heterocycles. The van der Waals surface area contributed by atoms with Crippen LogP contribution < -0.4 is 0 Å². The Morgan fingerprint density at radius 1 is 1.55 bits per heavy atom. The van der Waals surface area contributed by atoms with Gasteiger partial charge < -0.3 is 9.64 Å². The summed E-state index contributed by atoms with van der Waals surface area (Å²) in [5.74, 6) is 0. The molecular weight excluding hydrogens is 162 g/mol. The van der Waals surface area contributed by atoms with E-state index in [1.54, 1.807) is 11.9 Å². The predicted molar refractivity (Wildman–Crippen MR) is 46.0 cm³/mol. The van der Waals surface area contributed by atoms with Gasteiger partial charge >= 0.3 is 0 Å². The van der Waals surface area contributed by atoms with Crippen molar-refractivity contribution < 1.29 is 9.53 Å². The number of ether oxygens (including phenoxy) is 1. The number of amides is 1. The highest BCUT2D eigenvalue weighted by atomic mass is 32.1. The quantitative estimate of drug-likeness (QED) is 0.606. The second kappa shape index (κ2) is 3.97. The molecule has 0 unspecified atom stereocenters. The average molecular weight is 175 g/mol. The van der Waals surface area contributed by atoms with E-state index in [9.17, 15) is 4.79 Å². The molecular formula is C7H13NO2S. The van der Waals surface area contributed by atoms with Crippen LogP contribution >= 0.6 is 12.6 Å². The molecule has 1 heterocycles. The number of hydrogen-bond acceptors (Lipinski definition) is 2.